The topological polar surface area (TPSA) is 78.6 Å². The van der Waals surface area contributed by atoms with E-state index in [4.69, 9.17) is 0 Å². The molecule has 0 aromatic carbocycles. The third kappa shape index (κ3) is 4.89. The van der Waals surface area contributed by atoms with Gasteiger partial charge in [0, 0.05) is 6.42 Å². The molecule has 1 amide bonds. The molecular formula is C5H9NO4. The normalized spacial score (nSPS) is 8.50. The van der Waals surface area contributed by atoms with Crippen molar-refractivity contribution >= 4 is 12.1 Å². The molecule has 2 N–H and O–H groups in total. The minimum absolute atomic E-state index is 0.216. The Labute approximate surface area is 58.0 Å². The van der Waals surface area contributed by atoms with Crippen LogP contribution >= 0.6 is 0 Å². The molecule has 0 saturated carbocycles. The molecule has 0 fully saturated rings. The molecule has 10 heavy (non-hydrogen) atoms. The van der Waals surface area contributed by atoms with Crippen LogP contribution in [0.15, 0.2) is 0 Å². The zero-order valence-electron chi connectivity index (χ0n) is 5.62. The molecule has 0 radical (unpaired) electrons. The monoisotopic (exact) mass is 147 g/mol. The highest BCUT2D eigenvalue weighted by Gasteiger charge is 2.03. The summed E-state index contributed by atoms with van der Waals surface area (Å²) in [4.78, 5) is 27.9. The van der Waals surface area contributed by atoms with Crippen LogP contribution in [-0.2, 0) is 14.6 Å². The zero-order chi connectivity index (χ0) is 7.98. The molecule has 5 nitrogen and oxygen atoms in total. The number of carbonyl (C=O) groups is 2. The fourth-order valence-corrected chi connectivity index (χ4v) is 0.333. The average Bonchev–Trinajstić information content (AvgIpc) is 1.85. The Hall–Kier alpha value is -1.26. The van der Waals surface area contributed by atoms with Gasteiger partial charge in [-0.25, -0.2) is 19.4 Å². The maximum Gasteiger partial charge on any atom is 0.447 e. The van der Waals surface area contributed by atoms with Crippen molar-refractivity contribution in [2.75, 3.05) is 0 Å². The number of hydrogen-bond acceptors (Lipinski definition) is 4. The molecule has 0 unspecified atom stereocenters. The van der Waals surface area contributed by atoms with Crippen LogP contribution in [0.2, 0.25) is 0 Å². The molecule has 0 spiro atoms. The highest BCUT2D eigenvalue weighted by Crippen LogP contribution is 1.90. The van der Waals surface area contributed by atoms with E-state index in [0.717, 1.165) is 0 Å². The lowest BCUT2D eigenvalue weighted by Crippen LogP contribution is -2.16. The summed E-state index contributed by atoms with van der Waals surface area (Å²) >= 11 is 0. The SMILES string of the molecule is CCCC(=O)OOC(N)=O. The van der Waals surface area contributed by atoms with Crippen molar-refractivity contribution < 1.29 is 19.4 Å². The summed E-state index contributed by atoms with van der Waals surface area (Å²) in [5.41, 5.74) is 4.50. The van der Waals surface area contributed by atoms with E-state index in [1.807, 2.05) is 0 Å². The van der Waals surface area contributed by atoms with E-state index in [0.29, 0.717) is 6.42 Å². The fraction of sp³-hybridized carbons (Fsp3) is 0.600. The van der Waals surface area contributed by atoms with Gasteiger partial charge in [-0.1, -0.05) is 6.92 Å². The molecular weight excluding hydrogens is 138 g/mol. The summed E-state index contributed by atoms with van der Waals surface area (Å²) in [6, 6.07) is 0. The number of hydrogen-bond donors (Lipinski definition) is 1. The lowest BCUT2D eigenvalue weighted by Gasteiger charge is -1.96. The Kier molecular flexibility index (Phi) is 4.02. The second kappa shape index (κ2) is 4.60. The van der Waals surface area contributed by atoms with Crippen LogP contribution in [0.5, 0.6) is 0 Å². The van der Waals surface area contributed by atoms with Crippen molar-refractivity contribution in [3.63, 3.8) is 0 Å². The van der Waals surface area contributed by atoms with Crippen LogP contribution in [-0.4, -0.2) is 12.1 Å². The van der Waals surface area contributed by atoms with Crippen LogP contribution in [0.1, 0.15) is 19.8 Å². The second-order valence-electron chi connectivity index (χ2n) is 1.61. The number of primary amides is 1. The van der Waals surface area contributed by atoms with Gasteiger partial charge in [0.2, 0.25) is 0 Å². The first-order valence-electron chi connectivity index (χ1n) is 2.83. The molecule has 5 heteroatoms. The predicted octanol–water partition coefficient (Wildman–Crippen LogP) is 0.340. The van der Waals surface area contributed by atoms with E-state index in [1.54, 1.807) is 6.92 Å². The highest BCUT2D eigenvalue weighted by molar-refractivity contribution is 5.70. The van der Waals surface area contributed by atoms with Crippen LogP contribution in [0.3, 0.4) is 0 Å². The van der Waals surface area contributed by atoms with Gasteiger partial charge in [0.1, 0.15) is 0 Å². The maximum atomic E-state index is 10.4. The molecule has 0 aliphatic rings. The first-order valence-corrected chi connectivity index (χ1v) is 2.83. The molecule has 0 aliphatic heterocycles. The highest BCUT2D eigenvalue weighted by atomic mass is 17.2. The van der Waals surface area contributed by atoms with Crippen molar-refractivity contribution in [3.05, 3.63) is 0 Å². The summed E-state index contributed by atoms with van der Waals surface area (Å²) in [6.07, 6.45) is -0.265. The van der Waals surface area contributed by atoms with Gasteiger partial charge in [-0.2, -0.15) is 0 Å². The Morgan fingerprint density at radius 3 is 2.40 bits per heavy atom. The fourth-order valence-electron chi connectivity index (χ4n) is 0.333. The summed E-state index contributed by atoms with van der Waals surface area (Å²) in [5.74, 6) is -0.596. The first-order chi connectivity index (χ1) is 4.66. The lowest BCUT2D eigenvalue weighted by molar-refractivity contribution is -0.230. The number of carbonyl (C=O) groups excluding carboxylic acids is 2. The predicted molar refractivity (Wildman–Crippen MR) is 31.7 cm³/mol. The summed E-state index contributed by atoms with van der Waals surface area (Å²) in [5, 5.41) is 0. The minimum Gasteiger partial charge on any atom is -0.332 e. The lowest BCUT2D eigenvalue weighted by atomic mass is 10.3. The Morgan fingerprint density at radius 2 is 2.00 bits per heavy atom. The van der Waals surface area contributed by atoms with Gasteiger partial charge >= 0.3 is 12.1 Å². The Balaban J connectivity index is 3.30. The maximum absolute atomic E-state index is 10.4. The quantitative estimate of drug-likeness (QED) is 0.451. The van der Waals surface area contributed by atoms with E-state index < -0.39 is 12.1 Å². The molecule has 0 saturated heterocycles. The molecule has 0 aliphatic carbocycles. The molecule has 0 heterocycles. The molecule has 0 atom stereocenters. The average molecular weight is 147 g/mol. The van der Waals surface area contributed by atoms with Crippen molar-refractivity contribution in [2.24, 2.45) is 5.73 Å². The van der Waals surface area contributed by atoms with Crippen molar-refractivity contribution in [2.45, 2.75) is 19.8 Å². The second-order valence-corrected chi connectivity index (χ2v) is 1.61. The molecule has 0 rings (SSSR count). The van der Waals surface area contributed by atoms with Gasteiger partial charge in [0.15, 0.2) is 0 Å². The smallest absolute Gasteiger partial charge is 0.332 e. The standard InChI is InChI=1S/C5H9NO4/c1-2-3-4(7)9-10-5(6)8/h2-3H2,1H3,(H2,6,8). The van der Waals surface area contributed by atoms with Crippen molar-refractivity contribution in [3.8, 4) is 0 Å². The number of nitrogens with two attached hydrogens (primary N) is 1. The third-order valence-electron chi connectivity index (χ3n) is 0.671. The summed E-state index contributed by atoms with van der Waals surface area (Å²) < 4.78 is 0. The van der Waals surface area contributed by atoms with Gasteiger partial charge in [-0.15, -0.1) is 0 Å². The summed E-state index contributed by atoms with van der Waals surface area (Å²) in [7, 11) is 0. The van der Waals surface area contributed by atoms with E-state index in [9.17, 15) is 9.59 Å². The van der Waals surface area contributed by atoms with E-state index in [1.165, 1.54) is 0 Å². The van der Waals surface area contributed by atoms with Crippen molar-refractivity contribution in [1.82, 2.24) is 0 Å². The Morgan fingerprint density at radius 1 is 1.40 bits per heavy atom. The van der Waals surface area contributed by atoms with Crippen LogP contribution in [0.4, 0.5) is 4.79 Å². The largest absolute Gasteiger partial charge is 0.447 e. The molecule has 0 aromatic rings. The van der Waals surface area contributed by atoms with Gasteiger partial charge < -0.3 is 5.73 Å². The van der Waals surface area contributed by atoms with Gasteiger partial charge in [0.05, 0.1) is 0 Å². The third-order valence-corrected chi connectivity index (χ3v) is 0.671. The van der Waals surface area contributed by atoms with Crippen LogP contribution < -0.4 is 5.73 Å². The molecule has 0 bridgehead atoms. The van der Waals surface area contributed by atoms with Gasteiger partial charge in [-0.3, -0.25) is 0 Å². The van der Waals surface area contributed by atoms with E-state index in [-0.39, 0.29) is 6.42 Å². The molecule has 0 aromatic heterocycles. The van der Waals surface area contributed by atoms with E-state index in [2.05, 4.69) is 15.5 Å². The number of rotatable bonds is 2. The summed E-state index contributed by atoms with van der Waals surface area (Å²) in [6.45, 7) is 1.80. The van der Waals surface area contributed by atoms with Crippen LogP contribution in [0, 0.1) is 0 Å². The first kappa shape index (κ1) is 8.74. The Bertz CT molecular complexity index is 134. The van der Waals surface area contributed by atoms with Gasteiger partial charge in [0.25, 0.3) is 0 Å². The van der Waals surface area contributed by atoms with Gasteiger partial charge in [-0.05, 0) is 6.42 Å². The number of amides is 1. The van der Waals surface area contributed by atoms with Crippen LogP contribution in [0.25, 0.3) is 0 Å². The van der Waals surface area contributed by atoms with Crippen molar-refractivity contribution in [1.29, 1.82) is 0 Å². The molecule has 58 valence electrons. The van der Waals surface area contributed by atoms with E-state index >= 15 is 0 Å². The zero-order valence-corrected chi connectivity index (χ0v) is 5.62. The minimum atomic E-state index is -1.12.